The van der Waals surface area contributed by atoms with E-state index in [4.69, 9.17) is 0 Å². The highest BCUT2D eigenvalue weighted by atomic mass is 16.6. The quantitative estimate of drug-likeness (QED) is 0.442. The standard InChI is InChI=1S/C21H16N2O3/c24-21(11-14-5-8-18(9-6-14)23(25)26)22-17-7-10-20-16(13-17)12-15-3-1-2-4-19(15)20/h1-10,13H,11-12H2,(H,22,24). The molecule has 0 saturated heterocycles. The lowest BCUT2D eigenvalue weighted by molar-refractivity contribution is -0.384. The number of rotatable bonds is 4. The molecule has 0 aliphatic heterocycles. The van der Waals surface area contributed by atoms with Gasteiger partial charge in [-0.3, -0.25) is 14.9 Å². The van der Waals surface area contributed by atoms with E-state index in [1.165, 1.54) is 34.4 Å². The number of anilines is 1. The summed E-state index contributed by atoms with van der Waals surface area (Å²) in [6, 6.07) is 20.3. The summed E-state index contributed by atoms with van der Waals surface area (Å²) in [7, 11) is 0. The van der Waals surface area contributed by atoms with E-state index < -0.39 is 4.92 Å². The minimum absolute atomic E-state index is 0.0207. The van der Waals surface area contributed by atoms with Crippen molar-refractivity contribution in [1.29, 1.82) is 0 Å². The Hall–Kier alpha value is -3.47. The van der Waals surface area contributed by atoms with Gasteiger partial charge in [-0.1, -0.05) is 42.5 Å². The fraction of sp³-hybridized carbons (Fsp3) is 0.0952. The number of nitro benzene ring substituents is 1. The van der Waals surface area contributed by atoms with Crippen LogP contribution in [0.25, 0.3) is 11.1 Å². The lowest BCUT2D eigenvalue weighted by Crippen LogP contribution is -2.14. The number of nitrogens with one attached hydrogen (secondary N) is 1. The summed E-state index contributed by atoms with van der Waals surface area (Å²) < 4.78 is 0. The average molecular weight is 344 g/mol. The van der Waals surface area contributed by atoms with Gasteiger partial charge in [0, 0.05) is 17.8 Å². The number of non-ortho nitro benzene ring substituents is 1. The number of carbonyl (C=O) groups excluding carboxylic acids is 1. The molecule has 3 aromatic rings. The zero-order chi connectivity index (χ0) is 18.1. The van der Waals surface area contributed by atoms with Crippen molar-refractivity contribution in [3.8, 4) is 11.1 Å². The molecule has 0 bridgehead atoms. The summed E-state index contributed by atoms with van der Waals surface area (Å²) >= 11 is 0. The Morgan fingerprint density at radius 2 is 1.69 bits per heavy atom. The number of hydrogen-bond acceptors (Lipinski definition) is 3. The van der Waals surface area contributed by atoms with Crippen LogP contribution >= 0.6 is 0 Å². The molecule has 0 heterocycles. The molecular weight excluding hydrogens is 328 g/mol. The van der Waals surface area contributed by atoms with Crippen LogP contribution in [0, 0.1) is 10.1 Å². The first-order valence-electron chi connectivity index (χ1n) is 8.34. The predicted octanol–water partition coefficient (Wildman–Crippen LogP) is 4.35. The summed E-state index contributed by atoms with van der Waals surface area (Å²) in [5.74, 6) is -0.144. The van der Waals surface area contributed by atoms with Crippen LogP contribution in [0.5, 0.6) is 0 Å². The van der Waals surface area contributed by atoms with Crippen molar-refractivity contribution in [2.45, 2.75) is 12.8 Å². The van der Waals surface area contributed by atoms with Crippen molar-refractivity contribution < 1.29 is 9.72 Å². The van der Waals surface area contributed by atoms with Gasteiger partial charge >= 0.3 is 0 Å². The Balaban J connectivity index is 1.45. The number of amides is 1. The highest BCUT2D eigenvalue weighted by Crippen LogP contribution is 2.37. The molecule has 128 valence electrons. The monoisotopic (exact) mass is 344 g/mol. The minimum atomic E-state index is -0.452. The van der Waals surface area contributed by atoms with Gasteiger partial charge in [-0.05, 0) is 46.4 Å². The highest BCUT2D eigenvalue weighted by molar-refractivity contribution is 5.93. The summed E-state index contributed by atoms with van der Waals surface area (Å²) in [4.78, 5) is 22.5. The maximum absolute atomic E-state index is 12.3. The molecule has 3 aromatic carbocycles. The van der Waals surface area contributed by atoms with E-state index in [-0.39, 0.29) is 18.0 Å². The molecule has 5 heteroatoms. The average Bonchev–Trinajstić information content (AvgIpc) is 2.99. The van der Waals surface area contributed by atoms with Gasteiger partial charge in [-0.2, -0.15) is 0 Å². The summed E-state index contributed by atoms with van der Waals surface area (Å²) in [6.45, 7) is 0. The fourth-order valence-corrected chi connectivity index (χ4v) is 3.35. The molecule has 0 spiro atoms. The number of nitro groups is 1. The lowest BCUT2D eigenvalue weighted by Gasteiger charge is -2.08. The molecule has 5 nitrogen and oxygen atoms in total. The molecule has 1 aliphatic rings. The first-order valence-corrected chi connectivity index (χ1v) is 8.34. The van der Waals surface area contributed by atoms with Gasteiger partial charge in [0.05, 0.1) is 11.3 Å². The Morgan fingerprint density at radius 3 is 2.46 bits per heavy atom. The zero-order valence-electron chi connectivity index (χ0n) is 13.9. The van der Waals surface area contributed by atoms with Gasteiger partial charge in [0.15, 0.2) is 0 Å². The number of nitrogens with zero attached hydrogens (tertiary/aromatic N) is 1. The Labute approximate surface area is 150 Å². The Morgan fingerprint density at radius 1 is 0.962 bits per heavy atom. The second kappa shape index (κ2) is 6.44. The number of carbonyl (C=O) groups is 1. The molecule has 1 N–H and O–H groups in total. The van der Waals surface area contributed by atoms with Crippen LogP contribution in [0.1, 0.15) is 16.7 Å². The third kappa shape index (κ3) is 3.07. The molecule has 0 saturated carbocycles. The van der Waals surface area contributed by atoms with Gasteiger partial charge in [0.25, 0.3) is 5.69 Å². The molecule has 0 aromatic heterocycles. The summed E-state index contributed by atoms with van der Waals surface area (Å²) in [5, 5.41) is 13.6. The maximum atomic E-state index is 12.3. The molecule has 0 fully saturated rings. The van der Waals surface area contributed by atoms with Crippen LogP contribution in [0.4, 0.5) is 11.4 Å². The topological polar surface area (TPSA) is 72.2 Å². The fourth-order valence-electron chi connectivity index (χ4n) is 3.35. The van der Waals surface area contributed by atoms with Gasteiger partial charge in [0.1, 0.15) is 0 Å². The third-order valence-electron chi connectivity index (χ3n) is 4.59. The van der Waals surface area contributed by atoms with E-state index in [9.17, 15) is 14.9 Å². The van der Waals surface area contributed by atoms with Gasteiger partial charge in [-0.15, -0.1) is 0 Å². The molecule has 0 radical (unpaired) electrons. The summed E-state index contributed by atoms with van der Waals surface area (Å²) in [6.07, 6.45) is 1.05. The second-order valence-electron chi connectivity index (χ2n) is 6.35. The van der Waals surface area contributed by atoms with Crippen LogP contribution in [0.15, 0.2) is 66.7 Å². The lowest BCUT2D eigenvalue weighted by atomic mass is 10.1. The summed E-state index contributed by atoms with van der Waals surface area (Å²) in [5.41, 5.74) is 6.51. The van der Waals surface area contributed by atoms with Crippen LogP contribution < -0.4 is 5.32 Å². The van der Waals surface area contributed by atoms with E-state index in [1.807, 2.05) is 30.3 Å². The Bertz CT molecular complexity index is 1010. The van der Waals surface area contributed by atoms with Crippen molar-refractivity contribution in [3.63, 3.8) is 0 Å². The first-order chi connectivity index (χ1) is 12.6. The largest absolute Gasteiger partial charge is 0.326 e. The van der Waals surface area contributed by atoms with E-state index in [0.717, 1.165) is 17.7 Å². The normalized spacial score (nSPS) is 11.5. The van der Waals surface area contributed by atoms with Crippen LogP contribution in [-0.2, 0) is 17.6 Å². The zero-order valence-corrected chi connectivity index (χ0v) is 13.9. The van der Waals surface area contributed by atoms with Crippen LogP contribution in [-0.4, -0.2) is 10.8 Å². The minimum Gasteiger partial charge on any atom is -0.326 e. The van der Waals surface area contributed by atoms with E-state index >= 15 is 0 Å². The van der Waals surface area contributed by atoms with Crippen molar-refractivity contribution >= 4 is 17.3 Å². The van der Waals surface area contributed by atoms with Gasteiger partial charge in [0.2, 0.25) is 5.91 Å². The van der Waals surface area contributed by atoms with E-state index in [0.29, 0.717) is 0 Å². The van der Waals surface area contributed by atoms with Crippen molar-refractivity contribution in [2.24, 2.45) is 0 Å². The van der Waals surface area contributed by atoms with Gasteiger partial charge in [-0.25, -0.2) is 0 Å². The van der Waals surface area contributed by atoms with Gasteiger partial charge < -0.3 is 5.32 Å². The van der Waals surface area contributed by atoms with Crippen molar-refractivity contribution in [3.05, 3.63) is 93.5 Å². The van der Waals surface area contributed by atoms with Crippen molar-refractivity contribution in [2.75, 3.05) is 5.32 Å². The van der Waals surface area contributed by atoms with Crippen LogP contribution in [0.3, 0.4) is 0 Å². The number of hydrogen-bond donors (Lipinski definition) is 1. The maximum Gasteiger partial charge on any atom is 0.269 e. The SMILES string of the molecule is O=C(Cc1ccc([N+](=O)[O-])cc1)Nc1ccc2c(c1)Cc1ccccc1-2. The molecule has 1 aliphatic carbocycles. The first kappa shape index (κ1) is 16.0. The van der Waals surface area contributed by atoms with Crippen molar-refractivity contribution in [1.82, 2.24) is 0 Å². The van der Waals surface area contributed by atoms with E-state index in [1.54, 1.807) is 12.1 Å². The molecular formula is C21H16N2O3. The highest BCUT2D eigenvalue weighted by Gasteiger charge is 2.18. The number of benzene rings is 3. The number of fused-ring (bicyclic) bond motifs is 3. The predicted molar refractivity (Wildman–Crippen MR) is 100 cm³/mol. The molecule has 4 rings (SSSR count). The molecule has 26 heavy (non-hydrogen) atoms. The Kier molecular flexibility index (Phi) is 3.97. The molecule has 0 unspecified atom stereocenters. The third-order valence-corrected chi connectivity index (χ3v) is 4.59. The van der Waals surface area contributed by atoms with E-state index in [2.05, 4.69) is 17.4 Å². The second-order valence-corrected chi connectivity index (χ2v) is 6.35. The molecule has 0 atom stereocenters. The smallest absolute Gasteiger partial charge is 0.269 e. The molecule has 1 amide bonds. The van der Waals surface area contributed by atoms with Crippen LogP contribution in [0.2, 0.25) is 0 Å².